The van der Waals surface area contributed by atoms with E-state index < -0.39 is 0 Å². The standard InChI is InChI=1S/C14H24N2O2/c1-9(2)15-14(17)12-5-11-7-16(6-10-3-4-10)8-13(12)18-11/h9-13H,3-8H2,1-2H3,(H,15,17)/t11-,12+,13-/m0/s1. The number of carbonyl (C=O) groups excluding carboxylic acids is 1. The van der Waals surface area contributed by atoms with E-state index >= 15 is 0 Å². The van der Waals surface area contributed by atoms with Gasteiger partial charge in [-0.3, -0.25) is 9.69 Å². The van der Waals surface area contributed by atoms with Gasteiger partial charge in [-0.25, -0.2) is 0 Å². The molecule has 4 heteroatoms. The molecule has 102 valence electrons. The topological polar surface area (TPSA) is 41.6 Å². The molecule has 18 heavy (non-hydrogen) atoms. The van der Waals surface area contributed by atoms with Gasteiger partial charge in [0.05, 0.1) is 18.1 Å². The lowest BCUT2D eigenvalue weighted by atomic mass is 9.99. The molecule has 3 aliphatic rings. The average Bonchev–Trinajstić information content (AvgIpc) is 3.03. The van der Waals surface area contributed by atoms with Gasteiger partial charge < -0.3 is 10.1 Å². The van der Waals surface area contributed by atoms with Gasteiger partial charge >= 0.3 is 0 Å². The van der Waals surface area contributed by atoms with Crippen LogP contribution < -0.4 is 5.32 Å². The molecule has 0 aromatic rings. The molecule has 0 spiro atoms. The zero-order chi connectivity index (χ0) is 12.7. The maximum Gasteiger partial charge on any atom is 0.226 e. The predicted molar refractivity (Wildman–Crippen MR) is 69.2 cm³/mol. The van der Waals surface area contributed by atoms with E-state index in [9.17, 15) is 4.79 Å². The summed E-state index contributed by atoms with van der Waals surface area (Å²) in [5.74, 6) is 1.18. The zero-order valence-corrected chi connectivity index (χ0v) is 11.4. The minimum atomic E-state index is 0.0709. The fourth-order valence-electron chi connectivity index (χ4n) is 3.22. The minimum Gasteiger partial charge on any atom is -0.371 e. The predicted octanol–water partition coefficient (Wildman–Crippen LogP) is 1.01. The van der Waals surface area contributed by atoms with Gasteiger partial charge in [-0.2, -0.15) is 0 Å². The highest BCUT2D eigenvalue weighted by atomic mass is 16.5. The van der Waals surface area contributed by atoms with Crippen molar-refractivity contribution in [2.45, 2.75) is 51.4 Å². The SMILES string of the molecule is CC(C)NC(=O)[C@@H]1C[C@H]2CN(CC3CC3)C[C@@H]1O2. The summed E-state index contributed by atoms with van der Waals surface area (Å²) in [5.41, 5.74) is 0. The van der Waals surface area contributed by atoms with Gasteiger partial charge in [-0.05, 0) is 39.0 Å². The number of hydrogen-bond acceptors (Lipinski definition) is 3. The maximum atomic E-state index is 12.1. The molecule has 3 rings (SSSR count). The number of ether oxygens (including phenoxy) is 1. The number of fused-ring (bicyclic) bond motifs is 2. The third kappa shape index (κ3) is 2.69. The van der Waals surface area contributed by atoms with Crippen LogP contribution in [0.15, 0.2) is 0 Å². The second-order valence-electron chi connectivity index (χ2n) is 6.46. The van der Waals surface area contributed by atoms with Crippen LogP contribution in [0.4, 0.5) is 0 Å². The molecule has 0 unspecified atom stereocenters. The molecule has 2 bridgehead atoms. The van der Waals surface area contributed by atoms with Gasteiger partial charge in [-0.15, -0.1) is 0 Å². The number of hydrogen-bond donors (Lipinski definition) is 1. The second-order valence-corrected chi connectivity index (χ2v) is 6.46. The van der Waals surface area contributed by atoms with Crippen molar-refractivity contribution in [3.63, 3.8) is 0 Å². The van der Waals surface area contributed by atoms with Crippen LogP contribution in [-0.2, 0) is 9.53 Å². The minimum absolute atomic E-state index is 0.0709. The van der Waals surface area contributed by atoms with Crippen LogP contribution in [0.1, 0.15) is 33.1 Å². The number of likely N-dealkylation sites (tertiary alicyclic amines) is 1. The van der Waals surface area contributed by atoms with E-state index in [-0.39, 0.29) is 30.1 Å². The molecule has 1 aliphatic carbocycles. The van der Waals surface area contributed by atoms with Crippen LogP contribution in [0.25, 0.3) is 0 Å². The first-order valence-electron chi connectivity index (χ1n) is 7.30. The molecule has 1 saturated carbocycles. The average molecular weight is 252 g/mol. The molecule has 2 heterocycles. The summed E-state index contributed by atoms with van der Waals surface area (Å²) in [5, 5.41) is 3.03. The van der Waals surface area contributed by atoms with Gasteiger partial charge in [-0.1, -0.05) is 0 Å². The van der Waals surface area contributed by atoms with Crippen LogP contribution in [0.2, 0.25) is 0 Å². The molecule has 1 amide bonds. The third-order valence-electron chi connectivity index (χ3n) is 4.21. The molecular weight excluding hydrogens is 228 g/mol. The third-order valence-corrected chi connectivity index (χ3v) is 4.21. The number of amides is 1. The van der Waals surface area contributed by atoms with Gasteiger partial charge in [0, 0.05) is 25.7 Å². The van der Waals surface area contributed by atoms with E-state index in [0.717, 1.165) is 25.4 Å². The van der Waals surface area contributed by atoms with Gasteiger partial charge in [0.1, 0.15) is 0 Å². The molecule has 4 nitrogen and oxygen atoms in total. The Morgan fingerprint density at radius 3 is 2.83 bits per heavy atom. The highest BCUT2D eigenvalue weighted by molar-refractivity contribution is 5.80. The Bertz CT molecular complexity index is 328. The van der Waals surface area contributed by atoms with Crippen molar-refractivity contribution in [3.05, 3.63) is 0 Å². The Morgan fingerprint density at radius 2 is 2.17 bits per heavy atom. The Labute approximate surface area is 109 Å². The first-order valence-corrected chi connectivity index (χ1v) is 7.30. The molecule has 0 aromatic carbocycles. The number of nitrogens with one attached hydrogen (secondary N) is 1. The van der Waals surface area contributed by atoms with Crippen molar-refractivity contribution >= 4 is 5.91 Å². The van der Waals surface area contributed by atoms with Crippen molar-refractivity contribution in [2.75, 3.05) is 19.6 Å². The maximum absolute atomic E-state index is 12.1. The summed E-state index contributed by atoms with van der Waals surface area (Å²) in [6.45, 7) is 7.22. The molecular formula is C14H24N2O2. The lowest BCUT2D eigenvalue weighted by molar-refractivity contribution is -0.128. The van der Waals surface area contributed by atoms with Crippen LogP contribution in [0.5, 0.6) is 0 Å². The smallest absolute Gasteiger partial charge is 0.226 e. The summed E-state index contributed by atoms with van der Waals surface area (Å²) < 4.78 is 5.94. The highest BCUT2D eigenvalue weighted by Crippen LogP contribution is 2.35. The second kappa shape index (κ2) is 4.82. The number of nitrogens with zero attached hydrogens (tertiary/aromatic N) is 1. The molecule has 0 radical (unpaired) electrons. The Morgan fingerprint density at radius 1 is 1.39 bits per heavy atom. The van der Waals surface area contributed by atoms with Crippen molar-refractivity contribution < 1.29 is 9.53 Å². The summed E-state index contributed by atoms with van der Waals surface area (Å²) >= 11 is 0. The Kier molecular flexibility index (Phi) is 3.32. The van der Waals surface area contributed by atoms with Crippen LogP contribution in [0, 0.1) is 11.8 Å². The first kappa shape index (κ1) is 12.4. The fourth-order valence-corrected chi connectivity index (χ4v) is 3.22. The normalized spacial score (nSPS) is 36.1. The first-order chi connectivity index (χ1) is 8.61. The number of carbonyl (C=O) groups is 1. The zero-order valence-electron chi connectivity index (χ0n) is 11.4. The van der Waals surface area contributed by atoms with E-state index in [1.807, 2.05) is 13.8 Å². The van der Waals surface area contributed by atoms with E-state index in [4.69, 9.17) is 4.74 Å². The van der Waals surface area contributed by atoms with Crippen LogP contribution >= 0.6 is 0 Å². The molecule has 3 fully saturated rings. The van der Waals surface area contributed by atoms with Gasteiger partial charge in [0.2, 0.25) is 5.91 Å². The summed E-state index contributed by atoms with van der Waals surface area (Å²) in [6, 6.07) is 0.223. The number of rotatable bonds is 4. The van der Waals surface area contributed by atoms with Gasteiger partial charge in [0.25, 0.3) is 0 Å². The summed E-state index contributed by atoms with van der Waals surface area (Å²) in [4.78, 5) is 14.6. The van der Waals surface area contributed by atoms with E-state index in [1.165, 1.54) is 19.4 Å². The quantitative estimate of drug-likeness (QED) is 0.812. The van der Waals surface area contributed by atoms with Crippen molar-refractivity contribution in [1.82, 2.24) is 10.2 Å². The van der Waals surface area contributed by atoms with Crippen LogP contribution in [0.3, 0.4) is 0 Å². The molecule has 2 aliphatic heterocycles. The van der Waals surface area contributed by atoms with E-state index in [2.05, 4.69) is 10.2 Å². The molecule has 2 saturated heterocycles. The summed E-state index contributed by atoms with van der Waals surface area (Å²) in [6.07, 6.45) is 4.10. The number of morpholine rings is 1. The Balaban J connectivity index is 1.57. The largest absolute Gasteiger partial charge is 0.371 e. The van der Waals surface area contributed by atoms with E-state index in [0.29, 0.717) is 0 Å². The van der Waals surface area contributed by atoms with Crippen molar-refractivity contribution in [1.29, 1.82) is 0 Å². The lowest BCUT2D eigenvalue weighted by Crippen LogP contribution is -2.46. The molecule has 0 aromatic heterocycles. The Hall–Kier alpha value is -0.610. The molecule has 1 N–H and O–H groups in total. The fraction of sp³-hybridized carbons (Fsp3) is 0.929. The van der Waals surface area contributed by atoms with Crippen molar-refractivity contribution in [3.8, 4) is 0 Å². The monoisotopic (exact) mass is 252 g/mol. The highest BCUT2D eigenvalue weighted by Gasteiger charge is 2.45. The summed E-state index contributed by atoms with van der Waals surface area (Å²) in [7, 11) is 0. The van der Waals surface area contributed by atoms with Gasteiger partial charge in [0.15, 0.2) is 0 Å². The lowest BCUT2D eigenvalue weighted by Gasteiger charge is -2.32. The van der Waals surface area contributed by atoms with Crippen LogP contribution in [-0.4, -0.2) is 48.7 Å². The molecule has 3 atom stereocenters. The van der Waals surface area contributed by atoms with E-state index in [1.54, 1.807) is 0 Å². The van der Waals surface area contributed by atoms with Crippen molar-refractivity contribution in [2.24, 2.45) is 11.8 Å².